The van der Waals surface area contributed by atoms with Gasteiger partial charge in [-0.05, 0) is 108 Å². The number of aliphatic hydroxyl groups excluding tert-OH is 1. The van der Waals surface area contributed by atoms with Gasteiger partial charge in [-0.1, -0.05) is 43.8 Å². The third-order valence-electron chi connectivity index (χ3n) is 12.6. The van der Waals surface area contributed by atoms with Gasteiger partial charge in [0.25, 0.3) is 0 Å². The quantitative estimate of drug-likeness (QED) is 0.170. The van der Waals surface area contributed by atoms with Gasteiger partial charge in [-0.2, -0.15) is 0 Å². The number of imide groups is 1. The molecule has 0 aromatic carbocycles. The summed E-state index contributed by atoms with van der Waals surface area (Å²) in [5, 5.41) is 16.4. The second-order valence-corrected chi connectivity index (χ2v) is 15.2. The van der Waals surface area contributed by atoms with Crippen molar-refractivity contribution in [2.45, 2.75) is 153 Å². The fraction of sp³-hybridized carbons (Fsp3) is 0.865. The summed E-state index contributed by atoms with van der Waals surface area (Å²) in [7, 11) is 0. The van der Waals surface area contributed by atoms with Crippen molar-refractivity contribution in [2.75, 3.05) is 19.7 Å². The summed E-state index contributed by atoms with van der Waals surface area (Å²) in [6.45, 7) is 4.48. The smallest absolute Gasteiger partial charge is 0.249 e. The summed E-state index contributed by atoms with van der Waals surface area (Å²) >= 11 is 0. The number of piperidine rings is 1. The number of likely N-dealkylation sites (tertiary alicyclic amines) is 1. The van der Waals surface area contributed by atoms with Crippen molar-refractivity contribution in [1.82, 2.24) is 15.5 Å². The van der Waals surface area contributed by atoms with Gasteiger partial charge in [-0.25, -0.2) is 0 Å². The van der Waals surface area contributed by atoms with E-state index >= 15 is 0 Å². The van der Waals surface area contributed by atoms with Gasteiger partial charge in [0.2, 0.25) is 17.7 Å². The molecule has 2 aliphatic heterocycles. The lowest BCUT2D eigenvalue weighted by Gasteiger charge is -2.39. The van der Waals surface area contributed by atoms with Gasteiger partial charge in [-0.15, -0.1) is 0 Å². The minimum Gasteiger partial charge on any atom is -0.393 e. The molecular weight excluding hydrogens is 566 g/mol. The fourth-order valence-corrected chi connectivity index (χ4v) is 10.3. The lowest BCUT2D eigenvalue weighted by molar-refractivity contribution is -0.144. The van der Waals surface area contributed by atoms with Crippen LogP contribution < -0.4 is 10.6 Å². The first kappa shape index (κ1) is 33.1. The predicted octanol–water partition coefficient (Wildman–Crippen LogP) is 5.42. The van der Waals surface area contributed by atoms with Crippen LogP contribution in [0.15, 0.2) is 11.1 Å². The number of aliphatic hydroxyl groups is 1. The second-order valence-electron chi connectivity index (χ2n) is 15.2. The number of carbonyl (C=O) groups is 3. The third-order valence-corrected chi connectivity index (χ3v) is 12.6. The van der Waals surface area contributed by atoms with E-state index in [9.17, 15) is 19.5 Å². The van der Waals surface area contributed by atoms with E-state index in [1.165, 1.54) is 51.4 Å². The van der Waals surface area contributed by atoms with Gasteiger partial charge < -0.3 is 20.1 Å². The highest BCUT2D eigenvalue weighted by Gasteiger charge is 2.49. The average Bonchev–Trinajstić information content (AvgIpc) is 3.39. The van der Waals surface area contributed by atoms with E-state index in [0.29, 0.717) is 43.9 Å². The van der Waals surface area contributed by atoms with Crippen LogP contribution in [0.3, 0.4) is 0 Å². The summed E-state index contributed by atoms with van der Waals surface area (Å²) in [4.78, 5) is 39.2. The van der Waals surface area contributed by atoms with Gasteiger partial charge in [0.15, 0.2) is 0 Å². The Kier molecular flexibility index (Phi) is 11.4. The molecule has 2 saturated heterocycles. The molecule has 8 heteroatoms. The van der Waals surface area contributed by atoms with Gasteiger partial charge in [0.05, 0.1) is 18.8 Å². The first-order valence-corrected chi connectivity index (χ1v) is 18.8. The number of carbonyl (C=O) groups excluding carboxylic acids is 3. The first-order valence-electron chi connectivity index (χ1n) is 18.8. The summed E-state index contributed by atoms with van der Waals surface area (Å²) < 4.78 is 6.46. The maximum atomic E-state index is 13.3. The van der Waals surface area contributed by atoms with Gasteiger partial charge in [0, 0.05) is 37.4 Å². The second kappa shape index (κ2) is 15.4. The van der Waals surface area contributed by atoms with E-state index in [0.717, 1.165) is 70.3 Å². The van der Waals surface area contributed by atoms with Crippen molar-refractivity contribution < 1.29 is 24.2 Å². The molecule has 4 atom stereocenters. The molecule has 6 aliphatic rings. The minimum absolute atomic E-state index is 0.0193. The Bertz CT molecular complexity index is 1070. The Morgan fingerprint density at radius 3 is 2.24 bits per heavy atom. The highest BCUT2D eigenvalue weighted by Crippen LogP contribution is 2.46. The molecule has 252 valence electrons. The van der Waals surface area contributed by atoms with Gasteiger partial charge in [-0.3, -0.25) is 19.7 Å². The average molecular weight is 626 g/mol. The largest absolute Gasteiger partial charge is 0.393 e. The molecule has 4 saturated carbocycles. The summed E-state index contributed by atoms with van der Waals surface area (Å²) in [6, 6.07) is -0.240. The molecule has 3 amide bonds. The molecule has 8 nitrogen and oxygen atoms in total. The molecule has 0 aromatic heterocycles. The molecule has 0 aromatic rings. The number of ether oxygens (including phenoxy) is 1. The zero-order valence-electron chi connectivity index (χ0n) is 27.8. The number of hydrogen-bond donors (Lipinski definition) is 3. The SMILES string of the molecule is CC/C(=C(\C1CCC(O)CC1)C1CCC(OCCNC2CCCC3C(=O)N(C4CCC(=O)NC4=O)CC23)CC1)C1CCCCC1. The van der Waals surface area contributed by atoms with Crippen LogP contribution in [0, 0.1) is 29.6 Å². The summed E-state index contributed by atoms with van der Waals surface area (Å²) in [5.41, 5.74) is 3.62. The monoisotopic (exact) mass is 625 g/mol. The molecule has 6 rings (SSSR count). The van der Waals surface area contributed by atoms with E-state index < -0.39 is 6.04 Å². The van der Waals surface area contributed by atoms with Crippen LogP contribution in [0.2, 0.25) is 0 Å². The summed E-state index contributed by atoms with van der Waals surface area (Å²) in [5.74, 6) is 1.89. The highest BCUT2D eigenvalue weighted by atomic mass is 16.5. The Morgan fingerprint density at radius 1 is 0.844 bits per heavy atom. The van der Waals surface area contributed by atoms with Gasteiger partial charge in [0.1, 0.15) is 6.04 Å². The van der Waals surface area contributed by atoms with E-state index in [1.54, 1.807) is 10.5 Å². The number of nitrogens with zero attached hydrogens (tertiary/aromatic N) is 1. The summed E-state index contributed by atoms with van der Waals surface area (Å²) in [6.07, 6.45) is 21.0. The van der Waals surface area contributed by atoms with Crippen molar-refractivity contribution >= 4 is 17.7 Å². The Balaban J connectivity index is 0.987. The van der Waals surface area contributed by atoms with E-state index in [4.69, 9.17) is 4.74 Å². The Morgan fingerprint density at radius 2 is 1.56 bits per heavy atom. The standard InChI is InChI=1S/C37H59N3O5/c1-2-29(24-7-4-3-5-8-24)35(25-11-15-27(41)16-12-25)26-13-17-28(18-14-26)45-22-21-38-32-10-6-9-30-31(32)23-40(37(30)44)33-19-20-34(42)39-36(33)43/h24-28,30-33,38,41H,2-23H2,1H3,(H,39,42,43)/b35-29-. The van der Waals surface area contributed by atoms with Crippen LogP contribution in [0.1, 0.15) is 129 Å². The van der Waals surface area contributed by atoms with Crippen LogP contribution in [-0.4, -0.2) is 71.7 Å². The fourth-order valence-electron chi connectivity index (χ4n) is 10.3. The van der Waals surface area contributed by atoms with Crippen molar-refractivity contribution in [2.24, 2.45) is 29.6 Å². The van der Waals surface area contributed by atoms with Crippen molar-refractivity contribution in [3.05, 3.63) is 11.1 Å². The Hall–Kier alpha value is -1.77. The number of hydrogen-bond acceptors (Lipinski definition) is 6. The number of nitrogens with one attached hydrogen (secondary N) is 2. The van der Waals surface area contributed by atoms with Crippen LogP contribution in [0.25, 0.3) is 0 Å². The molecule has 0 spiro atoms. The molecule has 0 radical (unpaired) electrons. The molecule has 4 aliphatic carbocycles. The molecule has 2 heterocycles. The third kappa shape index (κ3) is 7.70. The molecule has 6 fully saturated rings. The van der Waals surface area contributed by atoms with Crippen LogP contribution in [-0.2, 0) is 19.1 Å². The maximum absolute atomic E-state index is 13.3. The van der Waals surface area contributed by atoms with E-state index in [1.807, 2.05) is 5.57 Å². The number of amides is 3. The zero-order chi connectivity index (χ0) is 31.3. The topological polar surface area (TPSA) is 108 Å². The molecule has 0 bridgehead atoms. The molecule has 45 heavy (non-hydrogen) atoms. The predicted molar refractivity (Wildman–Crippen MR) is 174 cm³/mol. The maximum Gasteiger partial charge on any atom is 0.249 e. The molecule has 3 N–H and O–H groups in total. The van der Waals surface area contributed by atoms with Gasteiger partial charge >= 0.3 is 0 Å². The number of fused-ring (bicyclic) bond motifs is 1. The van der Waals surface area contributed by atoms with E-state index in [-0.39, 0.29) is 41.7 Å². The minimum atomic E-state index is -0.504. The highest BCUT2D eigenvalue weighted by molar-refractivity contribution is 6.02. The Labute approximate surface area is 270 Å². The normalized spacial score (nSPS) is 37.3. The lowest BCUT2D eigenvalue weighted by atomic mass is 9.68. The van der Waals surface area contributed by atoms with Crippen molar-refractivity contribution in [3.8, 4) is 0 Å². The molecule has 4 unspecified atom stereocenters. The molecular formula is C37H59N3O5. The first-order chi connectivity index (χ1) is 21.9. The van der Waals surface area contributed by atoms with Crippen molar-refractivity contribution in [3.63, 3.8) is 0 Å². The van der Waals surface area contributed by atoms with Crippen LogP contribution in [0.4, 0.5) is 0 Å². The van der Waals surface area contributed by atoms with Crippen LogP contribution in [0.5, 0.6) is 0 Å². The van der Waals surface area contributed by atoms with Crippen molar-refractivity contribution in [1.29, 1.82) is 0 Å². The lowest BCUT2D eigenvalue weighted by Crippen LogP contribution is -2.53. The number of rotatable bonds is 10. The van der Waals surface area contributed by atoms with Crippen LogP contribution >= 0.6 is 0 Å². The zero-order valence-corrected chi connectivity index (χ0v) is 27.8. The number of allylic oxidation sites excluding steroid dienone is 2. The van der Waals surface area contributed by atoms with E-state index in [2.05, 4.69) is 17.6 Å².